The molecule has 0 aromatic rings. The summed E-state index contributed by atoms with van der Waals surface area (Å²) in [5.74, 6) is -1.84. The molecule has 24 heavy (non-hydrogen) atoms. The number of hydrogen-bond donors (Lipinski definition) is 9. The molecule has 1 heterocycles. The molecule has 1 saturated heterocycles. The third kappa shape index (κ3) is 4.58. The Labute approximate surface area is 135 Å². The molecule has 1 aliphatic rings. The minimum Gasteiger partial charge on any atom is -0.479 e. The van der Waals surface area contributed by atoms with Crippen molar-refractivity contribution in [1.29, 1.82) is 0 Å². The third-order valence-electron chi connectivity index (χ3n) is 3.62. The second-order valence-corrected chi connectivity index (χ2v) is 5.32. The number of aliphatic hydroxyl groups is 8. The number of aliphatic hydroxyl groups excluding tert-OH is 8. The Kier molecular flexibility index (Phi) is 7.88. The Balaban J connectivity index is 2.97. The van der Waals surface area contributed by atoms with E-state index in [2.05, 4.69) is 0 Å². The average Bonchev–Trinajstić information content (AvgIpc) is 2.57. The largest absolute Gasteiger partial charge is 0.479 e. The molecule has 1 rings (SSSR count). The van der Waals surface area contributed by atoms with Crippen LogP contribution in [0.3, 0.4) is 0 Å². The van der Waals surface area contributed by atoms with E-state index in [1.54, 1.807) is 0 Å². The highest BCUT2D eigenvalue weighted by molar-refractivity contribution is 5.72. The molecule has 0 amide bonds. The Morgan fingerprint density at radius 1 is 1.04 bits per heavy atom. The van der Waals surface area contributed by atoms with Crippen LogP contribution in [0.25, 0.3) is 0 Å². The molecular weight excluding hydrogens is 336 g/mol. The smallest absolute Gasteiger partial charge is 0.335 e. The predicted molar refractivity (Wildman–Crippen MR) is 71.4 cm³/mol. The summed E-state index contributed by atoms with van der Waals surface area (Å²) in [5.41, 5.74) is 0. The quantitative estimate of drug-likeness (QED) is 0.198. The van der Waals surface area contributed by atoms with Gasteiger partial charge < -0.3 is 55.4 Å². The molecule has 142 valence electrons. The lowest BCUT2D eigenvalue weighted by atomic mass is 9.98. The van der Waals surface area contributed by atoms with Crippen molar-refractivity contribution >= 4 is 5.97 Å². The monoisotopic (exact) mass is 358 g/mol. The zero-order chi connectivity index (χ0) is 18.6. The van der Waals surface area contributed by atoms with Gasteiger partial charge in [-0.15, -0.1) is 0 Å². The van der Waals surface area contributed by atoms with Gasteiger partial charge in [0.15, 0.2) is 12.4 Å². The van der Waals surface area contributed by atoms with Gasteiger partial charge >= 0.3 is 5.97 Å². The molecule has 1 fully saturated rings. The number of hydrogen-bond acceptors (Lipinski definition) is 11. The van der Waals surface area contributed by atoms with E-state index in [1.807, 2.05) is 0 Å². The van der Waals surface area contributed by atoms with Crippen molar-refractivity contribution < 1.29 is 60.2 Å². The maximum Gasteiger partial charge on any atom is 0.335 e. The highest BCUT2D eigenvalue weighted by Gasteiger charge is 2.47. The van der Waals surface area contributed by atoms with Gasteiger partial charge in [0.2, 0.25) is 0 Å². The molecule has 12 nitrogen and oxygen atoms in total. The lowest BCUT2D eigenvalue weighted by molar-refractivity contribution is -0.325. The van der Waals surface area contributed by atoms with Gasteiger partial charge in [-0.2, -0.15) is 0 Å². The van der Waals surface area contributed by atoms with Crippen LogP contribution in [0.15, 0.2) is 0 Å². The number of rotatable bonds is 8. The van der Waals surface area contributed by atoms with Crippen LogP contribution in [0, 0.1) is 0 Å². The van der Waals surface area contributed by atoms with Crippen LogP contribution < -0.4 is 0 Å². The van der Waals surface area contributed by atoms with E-state index in [9.17, 15) is 35.4 Å². The molecule has 0 aliphatic carbocycles. The van der Waals surface area contributed by atoms with Crippen molar-refractivity contribution in [1.82, 2.24) is 0 Å². The lowest BCUT2D eigenvalue weighted by Gasteiger charge is -2.42. The van der Waals surface area contributed by atoms with Gasteiger partial charge in [-0.1, -0.05) is 0 Å². The molecule has 9 atom stereocenters. The minimum atomic E-state index is -2.38. The molecular formula is C12H22O12. The van der Waals surface area contributed by atoms with Crippen LogP contribution in [0.1, 0.15) is 0 Å². The van der Waals surface area contributed by atoms with Gasteiger partial charge in [-0.25, -0.2) is 4.79 Å². The van der Waals surface area contributed by atoms with E-state index < -0.39 is 74.3 Å². The summed E-state index contributed by atoms with van der Waals surface area (Å²) in [4.78, 5) is 10.9. The van der Waals surface area contributed by atoms with Crippen molar-refractivity contribution in [2.24, 2.45) is 0 Å². The summed E-state index contributed by atoms with van der Waals surface area (Å²) in [6, 6.07) is 0. The number of aliphatic carboxylic acids is 1. The number of carboxylic acids is 1. The zero-order valence-electron chi connectivity index (χ0n) is 12.4. The van der Waals surface area contributed by atoms with Crippen LogP contribution in [0.4, 0.5) is 0 Å². The van der Waals surface area contributed by atoms with Gasteiger partial charge in [0.1, 0.15) is 42.7 Å². The summed E-state index contributed by atoms with van der Waals surface area (Å²) in [5, 5.41) is 84.5. The summed E-state index contributed by atoms with van der Waals surface area (Å²) in [7, 11) is 0. The summed E-state index contributed by atoms with van der Waals surface area (Å²) in [6.07, 6.45) is -17.1. The molecule has 0 unspecified atom stereocenters. The van der Waals surface area contributed by atoms with E-state index in [-0.39, 0.29) is 0 Å². The van der Waals surface area contributed by atoms with Gasteiger partial charge in [0.25, 0.3) is 0 Å². The molecule has 0 aromatic heterocycles. The first-order chi connectivity index (χ1) is 11.1. The Morgan fingerprint density at radius 3 is 2.08 bits per heavy atom. The first-order valence-electron chi connectivity index (χ1n) is 6.99. The maximum absolute atomic E-state index is 10.9. The summed E-state index contributed by atoms with van der Waals surface area (Å²) in [6.45, 7) is -1.76. The first-order valence-corrected chi connectivity index (χ1v) is 6.99. The van der Waals surface area contributed by atoms with Crippen LogP contribution in [0.2, 0.25) is 0 Å². The van der Waals surface area contributed by atoms with E-state index in [1.165, 1.54) is 0 Å². The van der Waals surface area contributed by atoms with Crippen molar-refractivity contribution in [2.45, 2.75) is 55.1 Å². The summed E-state index contributed by atoms with van der Waals surface area (Å²) >= 11 is 0. The standard InChI is InChI=1S/C12H22O12/c13-1-3(15)5(16)10(9(20)11(21)22)24-12-8(19)7(18)6(17)4(2-14)23-12/h3-10,12-20H,1-2H2,(H,21,22)/t3-,4+,5+,6-,7-,8+,9-,10-,12-/m0/s1. The van der Waals surface area contributed by atoms with Gasteiger partial charge in [-0.05, 0) is 0 Å². The maximum atomic E-state index is 10.9. The van der Waals surface area contributed by atoms with Crippen molar-refractivity contribution in [3.63, 3.8) is 0 Å². The topological polar surface area (TPSA) is 218 Å². The van der Waals surface area contributed by atoms with Crippen molar-refractivity contribution in [2.75, 3.05) is 13.2 Å². The normalized spacial score (nSPS) is 35.9. The molecule has 0 aromatic carbocycles. The molecule has 12 heteroatoms. The van der Waals surface area contributed by atoms with Gasteiger partial charge in [0, 0.05) is 0 Å². The SMILES string of the molecule is O=C(O)[C@@H](O)[C@@H](O[C@@H]1O[C@H](CO)[C@H](O)[C@H](O)[C@H]1O)[C@H](O)[C@@H](O)CO. The highest BCUT2D eigenvalue weighted by atomic mass is 16.7. The fourth-order valence-corrected chi connectivity index (χ4v) is 2.14. The molecule has 0 spiro atoms. The fraction of sp³-hybridized carbons (Fsp3) is 0.917. The van der Waals surface area contributed by atoms with Crippen LogP contribution >= 0.6 is 0 Å². The fourth-order valence-electron chi connectivity index (χ4n) is 2.14. The predicted octanol–water partition coefficient (Wildman–Crippen LogP) is -5.67. The molecule has 0 radical (unpaired) electrons. The molecule has 0 bridgehead atoms. The van der Waals surface area contributed by atoms with Crippen LogP contribution in [-0.4, -0.2) is 120 Å². The second-order valence-electron chi connectivity index (χ2n) is 5.32. The van der Waals surface area contributed by atoms with Gasteiger partial charge in [-0.3, -0.25) is 0 Å². The molecule has 0 saturated carbocycles. The van der Waals surface area contributed by atoms with E-state index >= 15 is 0 Å². The number of carboxylic acid groups (broad SMARTS) is 1. The Morgan fingerprint density at radius 2 is 1.62 bits per heavy atom. The van der Waals surface area contributed by atoms with Crippen molar-refractivity contribution in [3.05, 3.63) is 0 Å². The Hall–Kier alpha value is -0.930. The van der Waals surface area contributed by atoms with Gasteiger partial charge in [0.05, 0.1) is 13.2 Å². The average molecular weight is 358 g/mol. The second kappa shape index (κ2) is 8.96. The van der Waals surface area contributed by atoms with E-state index in [4.69, 9.17) is 24.8 Å². The van der Waals surface area contributed by atoms with Crippen LogP contribution in [-0.2, 0) is 14.3 Å². The lowest BCUT2D eigenvalue weighted by Crippen LogP contribution is -2.62. The number of ether oxygens (including phenoxy) is 2. The number of carbonyl (C=O) groups is 1. The summed E-state index contributed by atoms with van der Waals surface area (Å²) < 4.78 is 9.92. The van der Waals surface area contributed by atoms with Crippen molar-refractivity contribution in [3.8, 4) is 0 Å². The van der Waals surface area contributed by atoms with Crippen LogP contribution in [0.5, 0.6) is 0 Å². The zero-order valence-corrected chi connectivity index (χ0v) is 12.4. The minimum absolute atomic E-state index is 0.779. The highest BCUT2D eigenvalue weighted by Crippen LogP contribution is 2.25. The third-order valence-corrected chi connectivity index (χ3v) is 3.62. The molecule has 1 aliphatic heterocycles. The van der Waals surface area contributed by atoms with E-state index in [0.29, 0.717) is 0 Å². The molecule has 9 N–H and O–H groups in total. The Bertz CT molecular complexity index is 403. The van der Waals surface area contributed by atoms with E-state index in [0.717, 1.165) is 0 Å². The first kappa shape index (κ1) is 21.1.